The fourth-order valence-electron chi connectivity index (χ4n) is 3.61. The Morgan fingerprint density at radius 1 is 1.40 bits per heavy atom. The number of nitrogens with zero attached hydrogens (tertiary/aromatic N) is 2. The fourth-order valence-corrected chi connectivity index (χ4v) is 4.70. The summed E-state index contributed by atoms with van der Waals surface area (Å²) in [6.07, 6.45) is 1.61. The Morgan fingerprint density at radius 2 is 2.20 bits per heavy atom. The number of amides is 1. The summed E-state index contributed by atoms with van der Waals surface area (Å²) in [5, 5.41) is 3.77. The van der Waals surface area contributed by atoms with Gasteiger partial charge in [0.05, 0.1) is 11.6 Å². The van der Waals surface area contributed by atoms with E-state index in [1.165, 1.54) is 4.88 Å². The molecule has 5 nitrogen and oxygen atoms in total. The van der Waals surface area contributed by atoms with Gasteiger partial charge in [0.1, 0.15) is 11.4 Å². The van der Waals surface area contributed by atoms with Crippen molar-refractivity contribution in [1.29, 1.82) is 0 Å². The molecular weight excluding hydrogens is 334 g/mol. The van der Waals surface area contributed by atoms with Crippen LogP contribution < -0.4 is 10.1 Å². The molecule has 25 heavy (non-hydrogen) atoms. The normalized spacial score (nSPS) is 21.8. The van der Waals surface area contributed by atoms with Crippen molar-refractivity contribution < 1.29 is 9.53 Å². The first-order valence-corrected chi connectivity index (χ1v) is 9.49. The van der Waals surface area contributed by atoms with E-state index in [-0.39, 0.29) is 17.4 Å². The average Bonchev–Trinajstić information content (AvgIpc) is 2.94. The number of hydrogen-bond donors (Lipinski definition) is 1. The molecule has 0 bridgehead atoms. The van der Waals surface area contributed by atoms with Crippen LogP contribution in [0.25, 0.3) is 0 Å². The van der Waals surface area contributed by atoms with E-state index < -0.39 is 0 Å². The molecule has 1 atom stereocenters. The maximum Gasteiger partial charge on any atom is 0.233 e. The number of aromatic nitrogens is 1. The lowest BCUT2D eigenvalue weighted by Crippen LogP contribution is -2.38. The summed E-state index contributed by atoms with van der Waals surface area (Å²) in [7, 11) is 2.11. The zero-order chi connectivity index (χ0) is 17.6. The first-order valence-electron chi connectivity index (χ1n) is 8.67. The minimum Gasteiger partial charge on any atom is -0.488 e. The highest BCUT2D eigenvalue weighted by molar-refractivity contribution is 7.15. The second-order valence-electron chi connectivity index (χ2n) is 7.52. The van der Waals surface area contributed by atoms with E-state index in [0.717, 1.165) is 36.5 Å². The van der Waals surface area contributed by atoms with Gasteiger partial charge in [-0.2, -0.15) is 0 Å². The number of thiazole rings is 1. The van der Waals surface area contributed by atoms with E-state index in [1.807, 2.05) is 38.1 Å². The molecule has 4 rings (SSSR count). The molecule has 0 radical (unpaired) electrons. The molecule has 1 aromatic heterocycles. The van der Waals surface area contributed by atoms with Gasteiger partial charge in [-0.1, -0.05) is 18.2 Å². The molecule has 2 aromatic rings. The van der Waals surface area contributed by atoms with Gasteiger partial charge in [0, 0.05) is 36.4 Å². The van der Waals surface area contributed by atoms with Crippen molar-refractivity contribution in [2.75, 3.05) is 18.9 Å². The summed E-state index contributed by atoms with van der Waals surface area (Å²) >= 11 is 1.60. The maximum absolute atomic E-state index is 13.0. The minimum absolute atomic E-state index is 0.00303. The van der Waals surface area contributed by atoms with Crippen LogP contribution in [0.3, 0.4) is 0 Å². The van der Waals surface area contributed by atoms with Gasteiger partial charge < -0.3 is 15.0 Å². The molecule has 2 aliphatic rings. The number of carbonyl (C=O) groups is 1. The van der Waals surface area contributed by atoms with Gasteiger partial charge >= 0.3 is 0 Å². The van der Waals surface area contributed by atoms with E-state index in [2.05, 4.69) is 22.2 Å². The molecule has 0 saturated carbocycles. The van der Waals surface area contributed by atoms with Gasteiger partial charge in [0.15, 0.2) is 5.13 Å². The smallest absolute Gasteiger partial charge is 0.233 e. The van der Waals surface area contributed by atoms with Crippen molar-refractivity contribution in [2.45, 2.75) is 44.8 Å². The van der Waals surface area contributed by atoms with Crippen LogP contribution in [0.2, 0.25) is 0 Å². The third-order valence-corrected chi connectivity index (χ3v) is 5.84. The topological polar surface area (TPSA) is 54.5 Å². The zero-order valence-corrected chi connectivity index (χ0v) is 15.7. The van der Waals surface area contributed by atoms with Crippen LogP contribution >= 0.6 is 11.3 Å². The lowest BCUT2D eigenvalue weighted by atomic mass is 9.84. The molecule has 3 heterocycles. The number of nitrogens with one attached hydrogen (secondary N) is 1. The van der Waals surface area contributed by atoms with Crippen molar-refractivity contribution in [2.24, 2.45) is 0 Å². The van der Waals surface area contributed by atoms with Crippen LogP contribution in [0.4, 0.5) is 5.13 Å². The van der Waals surface area contributed by atoms with E-state index >= 15 is 0 Å². The van der Waals surface area contributed by atoms with Gasteiger partial charge in [-0.05, 0) is 27.0 Å². The van der Waals surface area contributed by atoms with Crippen molar-refractivity contribution in [3.05, 3.63) is 40.4 Å². The summed E-state index contributed by atoms with van der Waals surface area (Å²) in [6, 6.07) is 7.82. The van der Waals surface area contributed by atoms with Crippen molar-refractivity contribution >= 4 is 22.4 Å². The third-order valence-electron chi connectivity index (χ3n) is 4.85. The van der Waals surface area contributed by atoms with Crippen LogP contribution in [0.5, 0.6) is 5.75 Å². The first kappa shape index (κ1) is 16.5. The lowest BCUT2D eigenvalue weighted by molar-refractivity contribution is -0.119. The van der Waals surface area contributed by atoms with Crippen molar-refractivity contribution in [3.63, 3.8) is 0 Å². The predicted molar refractivity (Wildman–Crippen MR) is 99.3 cm³/mol. The van der Waals surface area contributed by atoms with E-state index in [1.54, 1.807) is 11.3 Å². The van der Waals surface area contributed by atoms with Crippen molar-refractivity contribution in [3.8, 4) is 5.75 Å². The molecule has 0 aliphatic carbocycles. The molecule has 1 N–H and O–H groups in total. The Balaban J connectivity index is 1.57. The molecule has 0 fully saturated rings. The Labute approximate surface area is 152 Å². The second kappa shape index (κ2) is 6.11. The van der Waals surface area contributed by atoms with Crippen LogP contribution in [0, 0.1) is 0 Å². The van der Waals surface area contributed by atoms with E-state index in [9.17, 15) is 4.79 Å². The number of ether oxygens (including phenoxy) is 1. The molecule has 1 amide bonds. The van der Waals surface area contributed by atoms with Gasteiger partial charge in [0.2, 0.25) is 5.91 Å². The Hall–Kier alpha value is -1.92. The third kappa shape index (κ3) is 3.28. The van der Waals surface area contributed by atoms with Crippen molar-refractivity contribution in [1.82, 2.24) is 9.88 Å². The SMILES string of the molecule is CN1CCc2nc(NC(=O)C3CC(C)(C)Oc4ccccc43)sc2C1. The van der Waals surface area contributed by atoms with E-state index in [4.69, 9.17) is 4.74 Å². The molecular formula is C19H23N3O2S. The van der Waals surface area contributed by atoms with E-state index in [0.29, 0.717) is 11.6 Å². The molecule has 0 saturated heterocycles. The molecule has 1 aromatic carbocycles. The van der Waals surface area contributed by atoms with Crippen LogP contribution in [0.1, 0.15) is 42.3 Å². The molecule has 6 heteroatoms. The monoisotopic (exact) mass is 357 g/mol. The van der Waals surface area contributed by atoms with Gasteiger partial charge in [-0.25, -0.2) is 4.98 Å². The number of anilines is 1. The predicted octanol–water partition coefficient (Wildman–Crippen LogP) is 3.41. The molecule has 132 valence electrons. The number of carbonyl (C=O) groups excluding carboxylic acids is 1. The number of para-hydroxylation sites is 1. The zero-order valence-electron chi connectivity index (χ0n) is 14.8. The Bertz CT molecular complexity index is 815. The largest absolute Gasteiger partial charge is 0.488 e. The highest BCUT2D eigenvalue weighted by Crippen LogP contribution is 2.41. The Kier molecular flexibility index (Phi) is 4.04. The standard InChI is InChI=1S/C19H23N3O2S/c1-19(2)10-13(12-6-4-5-7-15(12)24-19)17(23)21-18-20-14-8-9-22(3)11-16(14)25-18/h4-7,13H,8-11H2,1-3H3,(H,20,21,23). The van der Waals surface area contributed by atoms with Crippen LogP contribution in [0.15, 0.2) is 24.3 Å². The average molecular weight is 357 g/mol. The highest BCUT2D eigenvalue weighted by atomic mass is 32.1. The van der Waals surface area contributed by atoms with Crippen LogP contribution in [-0.2, 0) is 17.8 Å². The minimum atomic E-state index is -0.360. The number of likely N-dealkylation sites (N-methyl/N-ethyl adjacent to an activating group) is 1. The highest BCUT2D eigenvalue weighted by Gasteiger charge is 2.37. The van der Waals surface area contributed by atoms with Gasteiger partial charge in [0.25, 0.3) is 0 Å². The summed E-state index contributed by atoms with van der Waals surface area (Å²) in [4.78, 5) is 21.2. The number of hydrogen-bond acceptors (Lipinski definition) is 5. The fraction of sp³-hybridized carbons (Fsp3) is 0.474. The summed E-state index contributed by atoms with van der Waals surface area (Å²) in [6.45, 7) is 5.99. The Morgan fingerprint density at radius 3 is 3.04 bits per heavy atom. The quantitative estimate of drug-likeness (QED) is 0.895. The molecule has 0 spiro atoms. The number of benzene rings is 1. The lowest BCUT2D eigenvalue weighted by Gasteiger charge is -2.36. The number of fused-ring (bicyclic) bond motifs is 2. The molecule has 2 aliphatic heterocycles. The van der Waals surface area contributed by atoms with Gasteiger partial charge in [-0.15, -0.1) is 11.3 Å². The maximum atomic E-state index is 13.0. The van der Waals surface area contributed by atoms with Crippen LogP contribution in [-0.4, -0.2) is 35.0 Å². The number of rotatable bonds is 2. The second-order valence-corrected chi connectivity index (χ2v) is 8.61. The summed E-state index contributed by atoms with van der Waals surface area (Å²) < 4.78 is 6.03. The van der Waals surface area contributed by atoms with Gasteiger partial charge in [-0.3, -0.25) is 4.79 Å². The summed E-state index contributed by atoms with van der Waals surface area (Å²) in [5.74, 6) is 0.589. The first-order chi connectivity index (χ1) is 11.9. The summed E-state index contributed by atoms with van der Waals surface area (Å²) in [5.41, 5.74) is 1.73. The molecule has 1 unspecified atom stereocenters.